The fourth-order valence-corrected chi connectivity index (χ4v) is 3.67. The van der Waals surface area contributed by atoms with Crippen LogP contribution in [0.2, 0.25) is 0 Å². The summed E-state index contributed by atoms with van der Waals surface area (Å²) in [4.78, 5) is 36.5. The van der Waals surface area contributed by atoms with E-state index in [1.165, 1.54) is 10.1 Å². The molecule has 3 heterocycles. The van der Waals surface area contributed by atoms with E-state index in [4.69, 9.17) is 12.2 Å². The topological polar surface area (TPSA) is 74.2 Å². The molecule has 0 spiro atoms. The van der Waals surface area contributed by atoms with Crippen molar-refractivity contribution in [2.24, 2.45) is 7.05 Å². The normalized spacial score (nSPS) is 15.1. The highest BCUT2D eigenvalue weighted by Gasteiger charge is 2.22. The Hall–Kier alpha value is -2.84. The second kappa shape index (κ2) is 7.65. The van der Waals surface area contributed by atoms with Crippen LogP contribution in [0.15, 0.2) is 47.5 Å². The summed E-state index contributed by atoms with van der Waals surface area (Å²) in [5.74, 6) is -0.0227. The lowest BCUT2D eigenvalue weighted by Gasteiger charge is -2.34. The highest BCUT2D eigenvalue weighted by molar-refractivity contribution is 7.71. The maximum Gasteiger partial charge on any atom is 0.261 e. The van der Waals surface area contributed by atoms with Crippen molar-refractivity contribution >= 4 is 29.0 Å². The van der Waals surface area contributed by atoms with Crippen LogP contribution < -0.4 is 5.56 Å². The number of H-pyrrole nitrogens is 1. The molecule has 1 saturated heterocycles. The summed E-state index contributed by atoms with van der Waals surface area (Å²) >= 11 is 5.17. The van der Waals surface area contributed by atoms with Crippen LogP contribution in [0.3, 0.4) is 0 Å². The standard InChI is InChI=1S/C20H21N5O2S/c1-23-19(27)16-3-2-15(12-17(16)22-20(23)28)18(26)25-10-8-24(9-11-25)13-14-4-6-21-7-5-14/h2-7,12H,8-11,13H2,1H3,(H,22,28). The number of aromatic amines is 1. The van der Waals surface area contributed by atoms with Gasteiger partial charge < -0.3 is 9.88 Å². The van der Waals surface area contributed by atoms with Gasteiger partial charge in [0.05, 0.1) is 10.9 Å². The Balaban J connectivity index is 1.47. The van der Waals surface area contributed by atoms with E-state index in [9.17, 15) is 9.59 Å². The van der Waals surface area contributed by atoms with Crippen molar-refractivity contribution in [3.8, 4) is 0 Å². The second-order valence-electron chi connectivity index (χ2n) is 6.98. The van der Waals surface area contributed by atoms with Crippen LogP contribution in [-0.2, 0) is 13.6 Å². The Morgan fingerprint density at radius 1 is 1.14 bits per heavy atom. The molecule has 0 radical (unpaired) electrons. The number of hydrogen-bond acceptors (Lipinski definition) is 5. The number of rotatable bonds is 3. The molecule has 7 nitrogen and oxygen atoms in total. The summed E-state index contributed by atoms with van der Waals surface area (Å²) < 4.78 is 1.73. The third-order valence-electron chi connectivity index (χ3n) is 5.16. The summed E-state index contributed by atoms with van der Waals surface area (Å²) in [5.41, 5.74) is 2.22. The number of aromatic nitrogens is 3. The number of hydrogen-bond donors (Lipinski definition) is 1. The van der Waals surface area contributed by atoms with Crippen molar-refractivity contribution < 1.29 is 4.79 Å². The van der Waals surface area contributed by atoms with Gasteiger partial charge >= 0.3 is 0 Å². The van der Waals surface area contributed by atoms with Crippen LogP contribution in [0.4, 0.5) is 0 Å². The third kappa shape index (κ3) is 3.61. The Labute approximate surface area is 167 Å². The van der Waals surface area contributed by atoms with Gasteiger partial charge in [0.25, 0.3) is 11.5 Å². The number of pyridine rings is 1. The van der Waals surface area contributed by atoms with Crippen molar-refractivity contribution in [3.05, 3.63) is 69.0 Å². The molecule has 1 amide bonds. The predicted molar refractivity (Wildman–Crippen MR) is 110 cm³/mol. The zero-order chi connectivity index (χ0) is 19.7. The highest BCUT2D eigenvalue weighted by atomic mass is 32.1. The molecule has 1 aliphatic heterocycles. The molecule has 1 aliphatic rings. The van der Waals surface area contributed by atoms with Crippen LogP contribution in [0.25, 0.3) is 10.9 Å². The Morgan fingerprint density at radius 2 is 1.86 bits per heavy atom. The zero-order valence-electron chi connectivity index (χ0n) is 15.6. The maximum absolute atomic E-state index is 12.9. The number of nitrogens with zero attached hydrogens (tertiary/aromatic N) is 4. The van der Waals surface area contributed by atoms with E-state index in [1.54, 1.807) is 37.6 Å². The van der Waals surface area contributed by atoms with Crippen LogP contribution >= 0.6 is 12.2 Å². The molecule has 4 rings (SSSR count). The summed E-state index contributed by atoms with van der Waals surface area (Å²) in [7, 11) is 1.63. The first-order chi connectivity index (χ1) is 13.5. The minimum atomic E-state index is -0.164. The summed E-state index contributed by atoms with van der Waals surface area (Å²) in [6.45, 7) is 3.86. The van der Waals surface area contributed by atoms with E-state index < -0.39 is 0 Å². The lowest BCUT2D eigenvalue weighted by atomic mass is 10.1. The molecule has 0 bridgehead atoms. The van der Waals surface area contributed by atoms with Crippen molar-refractivity contribution in [1.82, 2.24) is 24.3 Å². The first kappa shape index (κ1) is 18.5. The summed E-state index contributed by atoms with van der Waals surface area (Å²) in [6.07, 6.45) is 3.60. The van der Waals surface area contributed by atoms with Gasteiger partial charge in [-0.05, 0) is 48.1 Å². The number of amides is 1. The number of piperazine rings is 1. The lowest BCUT2D eigenvalue weighted by molar-refractivity contribution is 0.0628. The molecule has 2 aromatic heterocycles. The molecule has 0 aliphatic carbocycles. The van der Waals surface area contributed by atoms with E-state index in [0.717, 1.165) is 19.6 Å². The zero-order valence-corrected chi connectivity index (χ0v) is 16.4. The molecule has 1 N–H and O–H groups in total. The number of nitrogens with one attached hydrogen (secondary N) is 1. The van der Waals surface area contributed by atoms with Crippen LogP contribution in [0.1, 0.15) is 15.9 Å². The smallest absolute Gasteiger partial charge is 0.261 e. The van der Waals surface area contributed by atoms with E-state index in [0.29, 0.717) is 34.3 Å². The van der Waals surface area contributed by atoms with Gasteiger partial charge in [-0.25, -0.2) is 0 Å². The first-order valence-corrected chi connectivity index (χ1v) is 9.57. The van der Waals surface area contributed by atoms with E-state index in [2.05, 4.69) is 14.9 Å². The maximum atomic E-state index is 12.9. The molecule has 0 saturated carbocycles. The molecule has 144 valence electrons. The minimum absolute atomic E-state index is 0.0227. The molecule has 3 aromatic rings. The van der Waals surface area contributed by atoms with Gasteiger partial charge in [-0.3, -0.25) is 24.0 Å². The molecule has 8 heteroatoms. The van der Waals surface area contributed by atoms with Gasteiger partial charge in [-0.2, -0.15) is 0 Å². The number of fused-ring (bicyclic) bond motifs is 1. The SMILES string of the molecule is Cn1c(=S)[nH]c2cc(C(=O)N3CCN(Cc4ccncc4)CC3)ccc2c1=O. The van der Waals surface area contributed by atoms with E-state index in [-0.39, 0.29) is 11.5 Å². The van der Waals surface area contributed by atoms with Gasteiger partial charge in [-0.15, -0.1) is 0 Å². The first-order valence-electron chi connectivity index (χ1n) is 9.16. The number of benzene rings is 1. The number of carbonyl (C=O) groups excluding carboxylic acids is 1. The molecule has 1 aromatic carbocycles. The average molecular weight is 395 g/mol. The van der Waals surface area contributed by atoms with Gasteiger partial charge in [0.2, 0.25) is 0 Å². The van der Waals surface area contributed by atoms with Gasteiger partial charge in [0, 0.05) is 57.7 Å². The highest BCUT2D eigenvalue weighted by Crippen LogP contribution is 2.15. The molecular formula is C20H21N5O2S. The van der Waals surface area contributed by atoms with E-state index in [1.807, 2.05) is 17.0 Å². The number of carbonyl (C=O) groups is 1. The lowest BCUT2D eigenvalue weighted by Crippen LogP contribution is -2.48. The van der Waals surface area contributed by atoms with E-state index >= 15 is 0 Å². The molecule has 0 unspecified atom stereocenters. The Bertz CT molecular complexity index is 1130. The molecular weight excluding hydrogens is 374 g/mol. The largest absolute Gasteiger partial charge is 0.336 e. The van der Waals surface area contributed by atoms with Crippen molar-refractivity contribution in [1.29, 1.82) is 0 Å². The van der Waals surface area contributed by atoms with Crippen LogP contribution in [0.5, 0.6) is 0 Å². The second-order valence-corrected chi connectivity index (χ2v) is 7.37. The fourth-order valence-electron chi connectivity index (χ4n) is 3.48. The van der Waals surface area contributed by atoms with Gasteiger partial charge in [0.1, 0.15) is 0 Å². The monoisotopic (exact) mass is 395 g/mol. The van der Waals surface area contributed by atoms with Crippen molar-refractivity contribution in [2.45, 2.75) is 6.54 Å². The van der Waals surface area contributed by atoms with Crippen molar-refractivity contribution in [2.75, 3.05) is 26.2 Å². The van der Waals surface area contributed by atoms with Gasteiger partial charge in [0.15, 0.2) is 4.77 Å². The molecule has 1 fully saturated rings. The third-order valence-corrected chi connectivity index (χ3v) is 5.54. The minimum Gasteiger partial charge on any atom is -0.336 e. The fraction of sp³-hybridized carbons (Fsp3) is 0.300. The molecule has 0 atom stereocenters. The predicted octanol–water partition coefficient (Wildman–Crippen LogP) is 1.95. The van der Waals surface area contributed by atoms with Gasteiger partial charge in [-0.1, -0.05) is 0 Å². The quantitative estimate of drug-likeness (QED) is 0.686. The summed E-state index contributed by atoms with van der Waals surface area (Å²) in [6, 6.07) is 9.15. The average Bonchev–Trinajstić information content (AvgIpc) is 2.72. The van der Waals surface area contributed by atoms with Crippen molar-refractivity contribution in [3.63, 3.8) is 0 Å². The Morgan fingerprint density at radius 3 is 2.57 bits per heavy atom. The molecule has 28 heavy (non-hydrogen) atoms. The Kier molecular flexibility index (Phi) is 5.06. The van der Waals surface area contributed by atoms with Crippen LogP contribution in [-0.4, -0.2) is 56.4 Å². The van der Waals surface area contributed by atoms with Crippen LogP contribution in [0, 0.1) is 4.77 Å². The summed E-state index contributed by atoms with van der Waals surface area (Å²) in [5, 5.41) is 0.523.